The maximum Gasteiger partial charge on any atom is 0.422 e. The van der Waals surface area contributed by atoms with Crippen LogP contribution in [0, 0.1) is 0 Å². The minimum absolute atomic E-state index is 0.0351. The van der Waals surface area contributed by atoms with Crippen LogP contribution in [0.15, 0.2) is 30.3 Å². The Bertz CT molecular complexity index is 563. The molecule has 132 valence electrons. The Morgan fingerprint density at radius 1 is 1.25 bits per heavy atom. The fraction of sp³-hybridized carbons (Fsp3) is 0.500. The fourth-order valence-corrected chi connectivity index (χ4v) is 2.71. The molecule has 1 aliphatic rings. The van der Waals surface area contributed by atoms with Crippen molar-refractivity contribution in [3.8, 4) is 0 Å². The zero-order chi connectivity index (χ0) is 17.6. The van der Waals surface area contributed by atoms with Crippen LogP contribution in [0.3, 0.4) is 0 Å². The van der Waals surface area contributed by atoms with E-state index in [-0.39, 0.29) is 18.5 Å². The van der Waals surface area contributed by atoms with Crippen LogP contribution < -0.4 is 5.32 Å². The molecule has 1 saturated heterocycles. The summed E-state index contributed by atoms with van der Waals surface area (Å²) in [4.78, 5) is 25.0. The molecule has 0 radical (unpaired) electrons. The second-order valence-electron chi connectivity index (χ2n) is 5.62. The van der Waals surface area contributed by atoms with Crippen molar-refractivity contribution < 1.29 is 27.5 Å². The van der Waals surface area contributed by atoms with E-state index in [1.807, 2.05) is 30.3 Å². The molecule has 1 aliphatic heterocycles. The summed E-state index contributed by atoms with van der Waals surface area (Å²) in [5, 5.41) is 2.06. The molecule has 0 bridgehead atoms. The second kappa shape index (κ2) is 8.03. The molecule has 0 saturated carbocycles. The summed E-state index contributed by atoms with van der Waals surface area (Å²) < 4.78 is 39.8. The van der Waals surface area contributed by atoms with Crippen molar-refractivity contribution in [3.63, 3.8) is 0 Å². The molecule has 2 amide bonds. The molecule has 1 unspecified atom stereocenters. The molecular weight excluding hydrogens is 325 g/mol. The van der Waals surface area contributed by atoms with E-state index < -0.39 is 18.9 Å². The molecule has 8 heteroatoms. The standard InChI is InChI=1S/C16H19F3N2O3/c17-16(18,19)11-24-15(23)20-10-14(22)21-8-4-7-13(21)9-12-5-2-1-3-6-12/h1-3,5-6,13H,4,7-11H2,(H,20,23). The van der Waals surface area contributed by atoms with Gasteiger partial charge < -0.3 is 15.0 Å². The fourth-order valence-electron chi connectivity index (χ4n) is 2.71. The van der Waals surface area contributed by atoms with Crippen LogP contribution in [0.25, 0.3) is 0 Å². The highest BCUT2D eigenvalue weighted by Crippen LogP contribution is 2.21. The number of alkyl carbamates (subject to hydrolysis) is 1. The van der Waals surface area contributed by atoms with Gasteiger partial charge in [0.05, 0.1) is 0 Å². The topological polar surface area (TPSA) is 58.6 Å². The number of halogens is 3. The van der Waals surface area contributed by atoms with Crippen molar-refractivity contribution in [2.24, 2.45) is 0 Å². The molecular formula is C16H19F3N2O3. The maximum absolute atomic E-state index is 12.2. The summed E-state index contributed by atoms with van der Waals surface area (Å²) in [7, 11) is 0. The molecule has 1 heterocycles. The van der Waals surface area contributed by atoms with Crippen LogP contribution in [0.5, 0.6) is 0 Å². The number of alkyl halides is 3. The monoisotopic (exact) mass is 344 g/mol. The average molecular weight is 344 g/mol. The van der Waals surface area contributed by atoms with E-state index in [1.54, 1.807) is 4.90 Å². The lowest BCUT2D eigenvalue weighted by Crippen LogP contribution is -2.43. The number of benzene rings is 1. The van der Waals surface area contributed by atoms with Gasteiger partial charge in [0.2, 0.25) is 5.91 Å². The van der Waals surface area contributed by atoms with Crippen molar-refractivity contribution in [2.75, 3.05) is 19.7 Å². The Balaban J connectivity index is 1.79. The Kier molecular flexibility index (Phi) is 6.05. The smallest absolute Gasteiger partial charge is 0.422 e. The van der Waals surface area contributed by atoms with E-state index in [0.717, 1.165) is 18.4 Å². The van der Waals surface area contributed by atoms with Gasteiger partial charge in [-0.2, -0.15) is 13.2 Å². The van der Waals surface area contributed by atoms with Crippen molar-refractivity contribution >= 4 is 12.0 Å². The third-order valence-corrected chi connectivity index (χ3v) is 3.76. The number of amides is 2. The Hall–Kier alpha value is -2.25. The summed E-state index contributed by atoms with van der Waals surface area (Å²) in [6, 6.07) is 9.76. The highest BCUT2D eigenvalue weighted by molar-refractivity contribution is 5.82. The van der Waals surface area contributed by atoms with E-state index in [4.69, 9.17) is 0 Å². The minimum atomic E-state index is -4.59. The molecule has 0 aromatic heterocycles. The zero-order valence-electron chi connectivity index (χ0n) is 13.0. The lowest BCUT2D eigenvalue weighted by atomic mass is 10.0. The number of rotatable bonds is 5. The molecule has 1 atom stereocenters. The summed E-state index contributed by atoms with van der Waals surface area (Å²) in [5.74, 6) is -0.322. The van der Waals surface area contributed by atoms with Crippen molar-refractivity contribution in [3.05, 3.63) is 35.9 Å². The van der Waals surface area contributed by atoms with Gasteiger partial charge in [-0.3, -0.25) is 4.79 Å². The van der Waals surface area contributed by atoms with Crippen LogP contribution in [0.2, 0.25) is 0 Å². The lowest BCUT2D eigenvalue weighted by Gasteiger charge is -2.25. The average Bonchev–Trinajstić information content (AvgIpc) is 2.99. The number of carbonyl (C=O) groups is 2. The molecule has 0 aliphatic carbocycles. The number of hydrogen-bond donors (Lipinski definition) is 1. The highest BCUT2D eigenvalue weighted by Gasteiger charge is 2.31. The first kappa shape index (κ1) is 18.1. The Morgan fingerprint density at radius 3 is 2.62 bits per heavy atom. The number of ether oxygens (including phenoxy) is 1. The summed E-state index contributed by atoms with van der Waals surface area (Å²) in [6.45, 7) is -1.47. The normalized spacial score (nSPS) is 17.6. The van der Waals surface area contributed by atoms with Crippen LogP contribution in [-0.4, -0.2) is 48.8 Å². The first-order valence-electron chi connectivity index (χ1n) is 7.66. The van der Waals surface area contributed by atoms with Crippen LogP contribution in [0.1, 0.15) is 18.4 Å². The Morgan fingerprint density at radius 2 is 1.96 bits per heavy atom. The largest absolute Gasteiger partial charge is 0.440 e. The third-order valence-electron chi connectivity index (χ3n) is 3.76. The van der Waals surface area contributed by atoms with Gasteiger partial charge in [-0.15, -0.1) is 0 Å². The van der Waals surface area contributed by atoms with Gasteiger partial charge in [0.1, 0.15) is 6.54 Å². The van der Waals surface area contributed by atoms with E-state index in [9.17, 15) is 22.8 Å². The van der Waals surface area contributed by atoms with E-state index in [1.165, 1.54) is 0 Å². The second-order valence-corrected chi connectivity index (χ2v) is 5.62. The van der Waals surface area contributed by atoms with Gasteiger partial charge in [-0.25, -0.2) is 4.79 Å². The van der Waals surface area contributed by atoms with Crippen molar-refractivity contribution in [2.45, 2.75) is 31.5 Å². The number of carbonyl (C=O) groups excluding carboxylic acids is 2. The zero-order valence-corrected chi connectivity index (χ0v) is 13.0. The Labute approximate surface area is 137 Å². The summed E-state index contributed by atoms with van der Waals surface area (Å²) >= 11 is 0. The van der Waals surface area contributed by atoms with Gasteiger partial charge >= 0.3 is 12.3 Å². The molecule has 1 N–H and O–H groups in total. The van der Waals surface area contributed by atoms with Gasteiger partial charge in [0.15, 0.2) is 6.61 Å². The number of likely N-dealkylation sites (tertiary alicyclic amines) is 1. The SMILES string of the molecule is O=C(NCC(=O)N1CCCC1Cc1ccccc1)OCC(F)(F)F. The van der Waals surface area contributed by atoms with Gasteiger partial charge in [-0.05, 0) is 24.8 Å². The molecule has 24 heavy (non-hydrogen) atoms. The predicted molar refractivity (Wildman–Crippen MR) is 80.3 cm³/mol. The molecule has 1 aromatic rings. The molecule has 1 fully saturated rings. The first-order chi connectivity index (χ1) is 11.3. The van der Waals surface area contributed by atoms with Crippen molar-refractivity contribution in [1.29, 1.82) is 0 Å². The lowest BCUT2D eigenvalue weighted by molar-refractivity contribution is -0.160. The number of nitrogens with one attached hydrogen (secondary N) is 1. The van der Waals surface area contributed by atoms with Crippen LogP contribution in [0.4, 0.5) is 18.0 Å². The van der Waals surface area contributed by atoms with Gasteiger partial charge in [0.25, 0.3) is 0 Å². The minimum Gasteiger partial charge on any atom is -0.440 e. The van der Waals surface area contributed by atoms with Crippen molar-refractivity contribution in [1.82, 2.24) is 10.2 Å². The first-order valence-corrected chi connectivity index (χ1v) is 7.66. The molecule has 0 spiro atoms. The van der Waals surface area contributed by atoms with Crippen LogP contribution >= 0.6 is 0 Å². The van der Waals surface area contributed by atoms with Crippen LogP contribution in [-0.2, 0) is 16.0 Å². The quantitative estimate of drug-likeness (QED) is 0.893. The molecule has 5 nitrogen and oxygen atoms in total. The number of hydrogen-bond acceptors (Lipinski definition) is 3. The van der Waals surface area contributed by atoms with E-state index in [2.05, 4.69) is 10.1 Å². The molecule has 1 aromatic carbocycles. The van der Waals surface area contributed by atoms with Gasteiger partial charge in [0, 0.05) is 12.6 Å². The maximum atomic E-state index is 12.2. The summed E-state index contributed by atoms with van der Waals surface area (Å²) in [5.41, 5.74) is 1.11. The number of nitrogens with zero attached hydrogens (tertiary/aromatic N) is 1. The summed E-state index contributed by atoms with van der Waals surface area (Å²) in [6.07, 6.45) is -3.40. The van der Waals surface area contributed by atoms with E-state index in [0.29, 0.717) is 13.0 Å². The predicted octanol–water partition coefficient (Wildman–Crippen LogP) is 2.51. The molecule has 2 rings (SSSR count). The van der Waals surface area contributed by atoms with Gasteiger partial charge in [-0.1, -0.05) is 30.3 Å². The third kappa shape index (κ3) is 5.75. The van der Waals surface area contributed by atoms with E-state index >= 15 is 0 Å². The highest BCUT2D eigenvalue weighted by atomic mass is 19.4.